The van der Waals surface area contributed by atoms with Gasteiger partial charge in [0.2, 0.25) is 0 Å². The van der Waals surface area contributed by atoms with Crippen molar-refractivity contribution in [2.45, 2.75) is 51.0 Å². The second-order valence-corrected chi connectivity index (χ2v) is 4.60. The molecule has 1 saturated heterocycles. The summed E-state index contributed by atoms with van der Waals surface area (Å²) in [6, 6.07) is 0. The molecule has 0 unspecified atom stereocenters. The average molecular weight is 191 g/mol. The van der Waals surface area contributed by atoms with Gasteiger partial charge in [0.05, 0.1) is 11.5 Å². The molecule has 72 valence electrons. The maximum atomic E-state index is 6.14. The van der Waals surface area contributed by atoms with Crippen molar-refractivity contribution >= 4 is 11.6 Å². The fourth-order valence-electron chi connectivity index (χ4n) is 1.57. The first-order chi connectivity index (χ1) is 5.70. The molecule has 1 aliphatic heterocycles. The summed E-state index contributed by atoms with van der Waals surface area (Å²) in [6.45, 7) is 5.39. The lowest BCUT2D eigenvalue weighted by atomic mass is 9.99. The molecule has 2 atom stereocenters. The summed E-state index contributed by atoms with van der Waals surface area (Å²) in [6.07, 6.45) is 4.94. The van der Waals surface area contributed by atoms with Gasteiger partial charge in [-0.25, -0.2) is 0 Å². The van der Waals surface area contributed by atoms with E-state index in [1.807, 2.05) is 0 Å². The van der Waals surface area contributed by atoms with Crippen LogP contribution in [0.4, 0.5) is 0 Å². The lowest BCUT2D eigenvalue weighted by molar-refractivity contribution is 0.0116. The molecule has 0 N–H and O–H groups in total. The highest BCUT2D eigenvalue weighted by molar-refractivity contribution is 6.21. The van der Waals surface area contributed by atoms with Crippen molar-refractivity contribution in [2.24, 2.45) is 5.92 Å². The van der Waals surface area contributed by atoms with Gasteiger partial charge in [-0.2, -0.15) is 0 Å². The minimum absolute atomic E-state index is 0.262. The molecule has 0 amide bonds. The summed E-state index contributed by atoms with van der Waals surface area (Å²) < 4.78 is 5.61. The molecule has 1 heterocycles. The minimum atomic E-state index is 0.262. The third-order valence-corrected chi connectivity index (χ3v) is 2.89. The molecule has 0 radical (unpaired) electrons. The van der Waals surface area contributed by atoms with Gasteiger partial charge in [0, 0.05) is 6.61 Å². The lowest BCUT2D eigenvalue weighted by Gasteiger charge is -2.27. The van der Waals surface area contributed by atoms with Crippen LogP contribution in [0.2, 0.25) is 0 Å². The third-order valence-electron chi connectivity index (χ3n) is 2.39. The van der Waals surface area contributed by atoms with Crippen LogP contribution in [0.25, 0.3) is 0 Å². The predicted molar refractivity (Wildman–Crippen MR) is 52.7 cm³/mol. The molecular weight excluding hydrogens is 172 g/mol. The Morgan fingerprint density at radius 3 is 2.83 bits per heavy atom. The first kappa shape index (κ1) is 10.3. The van der Waals surface area contributed by atoms with E-state index in [0.717, 1.165) is 31.8 Å². The van der Waals surface area contributed by atoms with Crippen molar-refractivity contribution in [1.29, 1.82) is 0 Å². The maximum absolute atomic E-state index is 6.14. The van der Waals surface area contributed by atoms with Gasteiger partial charge in [0.1, 0.15) is 0 Å². The number of alkyl halides is 1. The van der Waals surface area contributed by atoms with E-state index in [4.69, 9.17) is 16.3 Å². The topological polar surface area (TPSA) is 9.23 Å². The monoisotopic (exact) mass is 190 g/mol. The van der Waals surface area contributed by atoms with Crippen molar-refractivity contribution in [1.82, 2.24) is 0 Å². The number of hydrogen-bond donors (Lipinski definition) is 0. The van der Waals surface area contributed by atoms with Gasteiger partial charge in [-0.05, 0) is 31.6 Å². The summed E-state index contributed by atoms with van der Waals surface area (Å²) in [5.74, 6) is 0.763. The normalized spacial score (nSPS) is 31.0. The zero-order chi connectivity index (χ0) is 8.97. The maximum Gasteiger partial charge on any atom is 0.0738 e. The zero-order valence-electron chi connectivity index (χ0n) is 8.05. The zero-order valence-corrected chi connectivity index (χ0v) is 8.81. The van der Waals surface area contributed by atoms with E-state index in [9.17, 15) is 0 Å². The number of ether oxygens (including phenoxy) is 1. The van der Waals surface area contributed by atoms with Crippen LogP contribution in [0, 0.1) is 5.92 Å². The highest BCUT2D eigenvalue weighted by Gasteiger charge is 2.23. The quantitative estimate of drug-likeness (QED) is 0.621. The standard InChI is InChI=1S/C10H19ClO/c1-8(2)5-6-10-9(11)4-3-7-12-10/h8-10H,3-7H2,1-2H3/t9-,10-/m0/s1. The predicted octanol–water partition coefficient (Wildman–Crippen LogP) is 3.21. The molecule has 0 aliphatic carbocycles. The molecule has 1 nitrogen and oxygen atoms in total. The summed E-state index contributed by atoms with van der Waals surface area (Å²) in [4.78, 5) is 0. The van der Waals surface area contributed by atoms with E-state index in [2.05, 4.69) is 13.8 Å². The first-order valence-corrected chi connectivity index (χ1v) is 5.39. The highest BCUT2D eigenvalue weighted by atomic mass is 35.5. The second-order valence-electron chi connectivity index (χ2n) is 4.04. The van der Waals surface area contributed by atoms with Gasteiger partial charge in [-0.15, -0.1) is 11.6 Å². The molecule has 0 aromatic rings. The van der Waals surface area contributed by atoms with Crippen molar-refractivity contribution in [2.75, 3.05) is 6.61 Å². The van der Waals surface area contributed by atoms with E-state index >= 15 is 0 Å². The molecule has 0 spiro atoms. The van der Waals surface area contributed by atoms with Crippen molar-refractivity contribution < 1.29 is 4.74 Å². The van der Waals surface area contributed by atoms with Gasteiger partial charge in [0.15, 0.2) is 0 Å². The average Bonchev–Trinajstić information content (AvgIpc) is 2.03. The Hall–Kier alpha value is 0.250. The van der Waals surface area contributed by atoms with Crippen LogP contribution in [0.15, 0.2) is 0 Å². The van der Waals surface area contributed by atoms with Gasteiger partial charge in [-0.1, -0.05) is 13.8 Å². The van der Waals surface area contributed by atoms with E-state index in [1.165, 1.54) is 6.42 Å². The van der Waals surface area contributed by atoms with E-state index in [-0.39, 0.29) is 5.38 Å². The Labute approximate surface area is 80.4 Å². The largest absolute Gasteiger partial charge is 0.377 e. The molecule has 0 saturated carbocycles. The second kappa shape index (κ2) is 5.08. The lowest BCUT2D eigenvalue weighted by Crippen LogP contribution is -2.30. The van der Waals surface area contributed by atoms with Crippen LogP contribution in [-0.4, -0.2) is 18.1 Å². The Kier molecular flexibility index (Phi) is 4.38. The highest BCUT2D eigenvalue weighted by Crippen LogP contribution is 2.23. The summed E-state index contributed by atoms with van der Waals surface area (Å²) >= 11 is 6.14. The molecule has 1 rings (SSSR count). The van der Waals surface area contributed by atoms with E-state index in [1.54, 1.807) is 0 Å². The van der Waals surface area contributed by atoms with Gasteiger partial charge < -0.3 is 4.74 Å². The van der Waals surface area contributed by atoms with Gasteiger partial charge >= 0.3 is 0 Å². The first-order valence-electron chi connectivity index (χ1n) is 4.96. The summed E-state index contributed by atoms with van der Waals surface area (Å²) in [5, 5.41) is 0.262. The SMILES string of the molecule is CC(C)CC[C@@H]1OCCC[C@@H]1Cl. The molecule has 0 aromatic carbocycles. The van der Waals surface area contributed by atoms with Crippen LogP contribution in [-0.2, 0) is 4.74 Å². The molecule has 1 aliphatic rings. The minimum Gasteiger partial charge on any atom is -0.377 e. The van der Waals surface area contributed by atoms with Crippen LogP contribution in [0.5, 0.6) is 0 Å². The molecule has 2 heteroatoms. The Morgan fingerprint density at radius 1 is 1.50 bits per heavy atom. The third kappa shape index (κ3) is 3.32. The van der Waals surface area contributed by atoms with E-state index in [0.29, 0.717) is 6.10 Å². The number of rotatable bonds is 3. The van der Waals surface area contributed by atoms with Crippen molar-refractivity contribution in [3.63, 3.8) is 0 Å². The molecule has 0 bridgehead atoms. The van der Waals surface area contributed by atoms with Gasteiger partial charge in [-0.3, -0.25) is 0 Å². The fourth-order valence-corrected chi connectivity index (χ4v) is 1.92. The van der Waals surface area contributed by atoms with Crippen molar-refractivity contribution in [3.8, 4) is 0 Å². The number of hydrogen-bond acceptors (Lipinski definition) is 1. The molecular formula is C10H19ClO. The number of halogens is 1. The van der Waals surface area contributed by atoms with Crippen LogP contribution in [0.3, 0.4) is 0 Å². The van der Waals surface area contributed by atoms with Crippen LogP contribution < -0.4 is 0 Å². The Morgan fingerprint density at radius 2 is 2.25 bits per heavy atom. The van der Waals surface area contributed by atoms with Crippen LogP contribution >= 0.6 is 11.6 Å². The summed E-state index contributed by atoms with van der Waals surface area (Å²) in [5.41, 5.74) is 0. The van der Waals surface area contributed by atoms with Crippen molar-refractivity contribution in [3.05, 3.63) is 0 Å². The molecule has 0 aromatic heterocycles. The van der Waals surface area contributed by atoms with Gasteiger partial charge in [0.25, 0.3) is 0 Å². The Balaban J connectivity index is 2.20. The van der Waals surface area contributed by atoms with Crippen LogP contribution in [0.1, 0.15) is 39.5 Å². The molecule has 12 heavy (non-hydrogen) atoms. The summed E-state index contributed by atoms with van der Waals surface area (Å²) in [7, 11) is 0. The van der Waals surface area contributed by atoms with E-state index < -0.39 is 0 Å². The smallest absolute Gasteiger partial charge is 0.0738 e. The fraction of sp³-hybridized carbons (Fsp3) is 1.00. The molecule has 1 fully saturated rings. The Bertz CT molecular complexity index is 125.